The number of rotatable bonds is 3. The highest BCUT2D eigenvalue weighted by atomic mass is 32.2. The van der Waals surface area contributed by atoms with Gasteiger partial charge >= 0.3 is 11.9 Å². The minimum atomic E-state index is -1.02. The number of thioether (sulfide) groups is 1. The topological polar surface area (TPSA) is 156 Å². The molecule has 0 aliphatic carbocycles. The second-order valence-corrected chi connectivity index (χ2v) is 13.6. The van der Waals surface area contributed by atoms with Crippen LogP contribution in [0.3, 0.4) is 0 Å². The zero-order valence-electron chi connectivity index (χ0n) is 26.4. The molecule has 0 aromatic heterocycles. The average molecular weight is 656 g/mol. The minimum Gasteiger partial charge on any atom is -0.504 e. The van der Waals surface area contributed by atoms with Gasteiger partial charge in [0.15, 0.2) is 23.0 Å². The number of benzene rings is 2. The fourth-order valence-corrected chi connectivity index (χ4v) is 9.63. The fraction of sp³-hybridized carbons (Fsp3) is 0.531. The number of likely N-dealkylation sites (N-methyl/N-ethyl adjacent to an activating group) is 1. The molecule has 2 fully saturated rings. The van der Waals surface area contributed by atoms with Crippen molar-refractivity contribution < 1.29 is 48.3 Å². The summed E-state index contributed by atoms with van der Waals surface area (Å²) in [5.74, 6) is 0.223. The highest BCUT2D eigenvalue weighted by Crippen LogP contribution is 2.63. The Kier molecular flexibility index (Phi) is 7.54. The normalized spacial score (nSPS) is 29.6. The molecule has 5 heterocycles. The van der Waals surface area contributed by atoms with E-state index in [4.69, 9.17) is 23.7 Å². The Morgan fingerprint density at radius 3 is 2.52 bits per heavy atom. The molecule has 1 amide bonds. The zero-order valence-corrected chi connectivity index (χ0v) is 27.2. The molecular weight excluding hydrogens is 618 g/mol. The van der Waals surface area contributed by atoms with Crippen LogP contribution in [-0.2, 0) is 25.5 Å². The lowest BCUT2D eigenvalue weighted by molar-refractivity contribution is -0.184. The van der Waals surface area contributed by atoms with E-state index in [0.717, 1.165) is 11.1 Å². The minimum absolute atomic E-state index is 0.0342. The van der Waals surface area contributed by atoms with Crippen molar-refractivity contribution in [3.63, 3.8) is 0 Å². The van der Waals surface area contributed by atoms with Gasteiger partial charge in [-0.05, 0) is 38.4 Å². The number of nitrogens with zero attached hydrogens (tertiary/aromatic N) is 2. The number of aliphatic hydroxyl groups is 1. The van der Waals surface area contributed by atoms with Gasteiger partial charge in [-0.2, -0.15) is 0 Å². The number of aliphatic hydroxyl groups excluding tert-OH is 1. The van der Waals surface area contributed by atoms with Crippen LogP contribution >= 0.6 is 11.8 Å². The molecule has 5 aliphatic rings. The summed E-state index contributed by atoms with van der Waals surface area (Å²) >= 11 is 1.38. The maximum atomic E-state index is 13.3. The van der Waals surface area contributed by atoms with Gasteiger partial charge in [0.1, 0.15) is 24.6 Å². The second-order valence-electron chi connectivity index (χ2n) is 12.5. The van der Waals surface area contributed by atoms with E-state index in [-0.39, 0.29) is 36.9 Å². The third-order valence-electron chi connectivity index (χ3n) is 9.87. The lowest BCUT2D eigenvalue weighted by Gasteiger charge is -2.62. The Morgan fingerprint density at radius 1 is 1.09 bits per heavy atom. The Hall–Kier alpha value is -3.72. The summed E-state index contributed by atoms with van der Waals surface area (Å²) in [6.45, 7) is 6.10. The number of amides is 1. The second kappa shape index (κ2) is 11.2. The van der Waals surface area contributed by atoms with E-state index < -0.39 is 47.6 Å². The summed E-state index contributed by atoms with van der Waals surface area (Å²) in [6.07, 6.45) is -0.567. The van der Waals surface area contributed by atoms with Gasteiger partial charge in [-0.3, -0.25) is 19.4 Å². The van der Waals surface area contributed by atoms with E-state index in [1.165, 1.54) is 32.7 Å². The number of hydrogen-bond donors (Lipinski definition) is 3. The Bertz CT molecular complexity index is 1670. The van der Waals surface area contributed by atoms with E-state index in [1.54, 1.807) is 6.92 Å². The number of ether oxygens (including phenoxy) is 5. The van der Waals surface area contributed by atoms with E-state index in [1.807, 2.05) is 24.9 Å². The predicted octanol–water partition coefficient (Wildman–Crippen LogP) is 2.16. The monoisotopic (exact) mass is 655 g/mol. The van der Waals surface area contributed by atoms with E-state index >= 15 is 0 Å². The van der Waals surface area contributed by atoms with Gasteiger partial charge in [0, 0.05) is 47.9 Å². The molecule has 14 heteroatoms. The molecule has 1 unspecified atom stereocenters. The zero-order chi connectivity index (χ0) is 32.8. The maximum absolute atomic E-state index is 13.3. The molecule has 13 nitrogen and oxygen atoms in total. The van der Waals surface area contributed by atoms with Crippen molar-refractivity contribution in [2.45, 2.75) is 75.8 Å². The molecule has 46 heavy (non-hydrogen) atoms. The van der Waals surface area contributed by atoms with Gasteiger partial charge in [0.25, 0.3) is 0 Å². The largest absolute Gasteiger partial charge is 0.504 e. The van der Waals surface area contributed by atoms with Crippen LogP contribution in [0.2, 0.25) is 0 Å². The van der Waals surface area contributed by atoms with E-state index in [9.17, 15) is 24.6 Å². The highest BCUT2D eigenvalue weighted by Gasteiger charge is 2.60. The molecule has 5 aliphatic heterocycles. The number of cyclic esters (lactones) is 1. The molecule has 4 bridgehead atoms. The molecule has 2 aromatic rings. The molecule has 3 N–H and O–H groups in total. The van der Waals surface area contributed by atoms with Crippen molar-refractivity contribution in [1.82, 2.24) is 15.1 Å². The van der Waals surface area contributed by atoms with Gasteiger partial charge in [-0.15, -0.1) is 11.8 Å². The van der Waals surface area contributed by atoms with Crippen molar-refractivity contribution in [2.75, 3.05) is 33.3 Å². The molecule has 0 spiro atoms. The highest BCUT2D eigenvalue weighted by molar-refractivity contribution is 7.99. The summed E-state index contributed by atoms with van der Waals surface area (Å²) in [5.41, 5.74) is 4.24. The SMILES string of the molecule is COc1c(C)cc2c(c1O)[C@@H]1C3[C@@H]4SC[C@H](NC(C)=O)C(=O)OC[C@H](c5c6c(c(C)c(OC(C)=O)c54)OCO6)N3[C@@H](O)[C@H](C2)N1C. The first-order valence-electron chi connectivity index (χ1n) is 15.2. The first-order valence-corrected chi connectivity index (χ1v) is 16.3. The van der Waals surface area contributed by atoms with Gasteiger partial charge in [0.2, 0.25) is 12.7 Å². The van der Waals surface area contributed by atoms with Gasteiger partial charge in [0.05, 0.1) is 30.5 Å². The van der Waals surface area contributed by atoms with Crippen LogP contribution in [0.4, 0.5) is 0 Å². The average Bonchev–Trinajstić information content (AvgIpc) is 3.48. The number of aromatic hydroxyl groups is 1. The number of fused-ring (bicyclic) bond motifs is 9. The standard InChI is InChI=1S/C32H37N3O10S/c1-12-7-16-8-18-31(39)35-19-9-42-32(40)17(33-14(3)36)10-46-30(24(35)23(34(18)5)20(16)25(38)26(12)41-6)22-21(19)29-28(43-11-44-29)13(2)27(22)45-15(4)37/h7,17-19,23-24,30-31,38-39H,8-11H2,1-6H3,(H,33,36)/t17-,18-,19+,23+,24?,30+,31-/m0/s1. The van der Waals surface area contributed by atoms with Gasteiger partial charge in [-0.25, -0.2) is 4.79 Å². The molecule has 2 aromatic carbocycles. The first-order chi connectivity index (χ1) is 21.9. The molecule has 7 atom stereocenters. The van der Waals surface area contributed by atoms with Crippen LogP contribution in [0.5, 0.6) is 28.7 Å². The van der Waals surface area contributed by atoms with Gasteiger partial charge in [-0.1, -0.05) is 6.07 Å². The number of phenols is 1. The number of piperazine rings is 1. The summed E-state index contributed by atoms with van der Waals surface area (Å²) in [4.78, 5) is 42.1. The van der Waals surface area contributed by atoms with E-state index in [0.29, 0.717) is 51.7 Å². The molecule has 2 saturated heterocycles. The maximum Gasteiger partial charge on any atom is 0.329 e. The van der Waals surface area contributed by atoms with Crippen molar-refractivity contribution in [3.05, 3.63) is 39.4 Å². The van der Waals surface area contributed by atoms with Crippen LogP contribution in [-0.4, -0.2) is 95.5 Å². The fourth-order valence-electron chi connectivity index (χ4n) is 8.12. The molecule has 7 rings (SSSR count). The quantitative estimate of drug-likeness (QED) is 0.327. The molecule has 0 radical (unpaired) electrons. The molecular formula is C32H37N3O10S. The summed E-state index contributed by atoms with van der Waals surface area (Å²) in [6, 6.07) is -1.08. The molecule has 0 saturated carbocycles. The number of esters is 2. The van der Waals surface area contributed by atoms with Crippen molar-refractivity contribution in [3.8, 4) is 28.7 Å². The van der Waals surface area contributed by atoms with Crippen molar-refractivity contribution in [1.29, 1.82) is 0 Å². The number of aryl methyl sites for hydroxylation is 1. The first kappa shape index (κ1) is 30.9. The Morgan fingerprint density at radius 2 is 1.83 bits per heavy atom. The summed E-state index contributed by atoms with van der Waals surface area (Å²) < 4.78 is 29.4. The smallest absolute Gasteiger partial charge is 0.329 e. The van der Waals surface area contributed by atoms with Crippen LogP contribution in [0.15, 0.2) is 6.07 Å². The van der Waals surface area contributed by atoms with Crippen molar-refractivity contribution in [2.24, 2.45) is 0 Å². The van der Waals surface area contributed by atoms with Crippen LogP contribution in [0.25, 0.3) is 0 Å². The number of carbonyl (C=O) groups excluding carboxylic acids is 3. The van der Waals surface area contributed by atoms with Crippen LogP contribution in [0, 0.1) is 13.8 Å². The summed E-state index contributed by atoms with van der Waals surface area (Å²) in [7, 11) is 3.45. The summed E-state index contributed by atoms with van der Waals surface area (Å²) in [5, 5.41) is 26.2. The Balaban J connectivity index is 1.52. The van der Waals surface area contributed by atoms with E-state index in [2.05, 4.69) is 10.2 Å². The van der Waals surface area contributed by atoms with Crippen LogP contribution in [0.1, 0.15) is 64.6 Å². The van der Waals surface area contributed by atoms with Crippen molar-refractivity contribution >= 4 is 29.6 Å². The predicted molar refractivity (Wildman–Crippen MR) is 164 cm³/mol. The number of nitrogens with one attached hydrogen (secondary N) is 1. The lowest BCUT2D eigenvalue weighted by Crippen LogP contribution is -2.69. The number of phenolic OH excluding ortho intramolecular Hbond substituents is 1. The van der Waals surface area contributed by atoms with Crippen LogP contribution < -0.4 is 24.3 Å². The molecule has 246 valence electrons. The number of carbonyl (C=O) groups is 3. The third-order valence-corrected chi connectivity index (χ3v) is 11.3. The number of methoxy groups -OCH3 is 1. The van der Waals surface area contributed by atoms with Gasteiger partial charge < -0.3 is 39.2 Å². The third kappa shape index (κ3) is 4.44. The Labute approximate surface area is 270 Å². The lowest BCUT2D eigenvalue weighted by atomic mass is 9.73. The number of hydrogen-bond acceptors (Lipinski definition) is 13.